The molecule has 0 radical (unpaired) electrons. The number of anilines is 1. The Bertz CT molecular complexity index is 848. The SMILES string of the molecule is COc1ccc(C2[C@@H](Cl)C(=O)N2c2cc(OC)c(OC)c(OC)c2)cc1Cl. The number of halogens is 2. The van der Waals surface area contributed by atoms with Crippen LogP contribution in [0.2, 0.25) is 5.02 Å². The van der Waals surface area contributed by atoms with E-state index in [4.69, 9.17) is 42.1 Å². The molecule has 1 unspecified atom stereocenters. The van der Waals surface area contributed by atoms with Crippen molar-refractivity contribution < 1.29 is 23.7 Å². The van der Waals surface area contributed by atoms with Crippen molar-refractivity contribution in [2.75, 3.05) is 33.3 Å². The van der Waals surface area contributed by atoms with Gasteiger partial charge in [-0.05, 0) is 17.7 Å². The zero-order chi connectivity index (χ0) is 19.7. The third kappa shape index (κ3) is 3.24. The lowest BCUT2D eigenvalue weighted by atomic mass is 9.92. The first-order chi connectivity index (χ1) is 13.0. The molecule has 1 aliphatic heterocycles. The van der Waals surface area contributed by atoms with Gasteiger partial charge in [0.2, 0.25) is 11.7 Å². The van der Waals surface area contributed by atoms with Crippen LogP contribution in [0, 0.1) is 0 Å². The van der Waals surface area contributed by atoms with Crippen LogP contribution in [0.25, 0.3) is 0 Å². The second kappa shape index (κ2) is 7.74. The summed E-state index contributed by atoms with van der Waals surface area (Å²) in [6.45, 7) is 0. The summed E-state index contributed by atoms with van der Waals surface area (Å²) in [4.78, 5) is 14.1. The third-order valence-corrected chi connectivity index (χ3v) is 5.19. The molecule has 2 atom stereocenters. The van der Waals surface area contributed by atoms with Crippen molar-refractivity contribution in [1.29, 1.82) is 0 Å². The fraction of sp³-hybridized carbons (Fsp3) is 0.316. The topological polar surface area (TPSA) is 57.2 Å². The lowest BCUT2D eigenvalue weighted by Gasteiger charge is -2.44. The Labute approximate surface area is 167 Å². The summed E-state index contributed by atoms with van der Waals surface area (Å²) in [5.74, 6) is 1.68. The number of hydrogen-bond acceptors (Lipinski definition) is 5. The van der Waals surface area contributed by atoms with Gasteiger partial charge in [-0.1, -0.05) is 17.7 Å². The van der Waals surface area contributed by atoms with Crippen LogP contribution in [-0.4, -0.2) is 39.7 Å². The van der Waals surface area contributed by atoms with Gasteiger partial charge < -0.3 is 23.8 Å². The Morgan fingerprint density at radius 3 is 1.96 bits per heavy atom. The van der Waals surface area contributed by atoms with Crippen molar-refractivity contribution >= 4 is 34.8 Å². The van der Waals surface area contributed by atoms with E-state index in [1.807, 2.05) is 6.07 Å². The number of carbonyl (C=O) groups excluding carboxylic acids is 1. The highest BCUT2D eigenvalue weighted by Crippen LogP contribution is 2.48. The van der Waals surface area contributed by atoms with Gasteiger partial charge in [0.15, 0.2) is 11.5 Å². The first-order valence-electron chi connectivity index (χ1n) is 8.07. The summed E-state index contributed by atoms with van der Waals surface area (Å²) in [6, 6.07) is 8.36. The predicted octanol–water partition coefficient (Wildman–Crippen LogP) is 4.07. The van der Waals surface area contributed by atoms with Crippen LogP contribution in [0.4, 0.5) is 5.69 Å². The third-order valence-electron chi connectivity index (χ3n) is 4.47. The number of benzene rings is 2. The number of ether oxygens (including phenoxy) is 4. The molecule has 27 heavy (non-hydrogen) atoms. The largest absolute Gasteiger partial charge is 0.495 e. The molecular formula is C19H19Cl2NO5. The molecule has 2 aromatic rings. The van der Waals surface area contributed by atoms with Gasteiger partial charge in [-0.25, -0.2) is 0 Å². The Hall–Kier alpha value is -2.31. The Balaban J connectivity index is 2.05. The smallest absolute Gasteiger partial charge is 0.248 e. The van der Waals surface area contributed by atoms with Gasteiger partial charge in [0.05, 0.1) is 45.2 Å². The molecule has 0 aliphatic carbocycles. The molecule has 0 saturated carbocycles. The summed E-state index contributed by atoms with van der Waals surface area (Å²) < 4.78 is 21.3. The number of rotatable bonds is 6. The van der Waals surface area contributed by atoms with Gasteiger partial charge in [-0.3, -0.25) is 4.79 Å². The highest BCUT2D eigenvalue weighted by Gasteiger charge is 2.48. The summed E-state index contributed by atoms with van der Waals surface area (Å²) in [5, 5.41) is -0.253. The quantitative estimate of drug-likeness (QED) is 0.529. The molecule has 3 rings (SSSR count). The molecule has 1 fully saturated rings. The number of carbonyl (C=O) groups is 1. The second-order valence-electron chi connectivity index (χ2n) is 5.83. The van der Waals surface area contributed by atoms with Crippen molar-refractivity contribution in [2.24, 2.45) is 0 Å². The zero-order valence-corrected chi connectivity index (χ0v) is 16.8. The van der Waals surface area contributed by atoms with Crippen LogP contribution >= 0.6 is 23.2 Å². The van der Waals surface area contributed by atoms with Crippen molar-refractivity contribution in [1.82, 2.24) is 0 Å². The molecule has 6 nitrogen and oxygen atoms in total. The van der Waals surface area contributed by atoms with Crippen LogP contribution in [0.5, 0.6) is 23.0 Å². The molecule has 1 saturated heterocycles. The molecule has 8 heteroatoms. The zero-order valence-electron chi connectivity index (χ0n) is 15.3. The van der Waals surface area contributed by atoms with E-state index in [9.17, 15) is 4.79 Å². The van der Waals surface area contributed by atoms with E-state index in [-0.39, 0.29) is 11.9 Å². The summed E-state index contributed by atoms with van der Waals surface area (Å²) >= 11 is 12.6. The van der Waals surface area contributed by atoms with E-state index in [1.165, 1.54) is 21.3 Å². The van der Waals surface area contributed by atoms with Gasteiger partial charge in [0, 0.05) is 12.1 Å². The van der Waals surface area contributed by atoms with Gasteiger partial charge in [-0.15, -0.1) is 11.6 Å². The summed E-state index contributed by atoms with van der Waals surface area (Å²) in [6.07, 6.45) is 0. The number of β-lactam (4-membered cyclic amide) rings is 1. The van der Waals surface area contributed by atoms with Gasteiger partial charge in [-0.2, -0.15) is 0 Å². The van der Waals surface area contributed by atoms with E-state index >= 15 is 0 Å². The number of amides is 1. The molecule has 0 spiro atoms. The average molecular weight is 412 g/mol. The minimum Gasteiger partial charge on any atom is -0.495 e. The average Bonchev–Trinajstić information content (AvgIpc) is 2.69. The number of alkyl halides is 1. The molecule has 0 bridgehead atoms. The first kappa shape index (κ1) is 19.5. The van der Waals surface area contributed by atoms with Crippen molar-refractivity contribution in [3.8, 4) is 23.0 Å². The van der Waals surface area contributed by atoms with E-state index < -0.39 is 5.38 Å². The van der Waals surface area contributed by atoms with Crippen LogP contribution in [0.1, 0.15) is 11.6 Å². The maximum atomic E-state index is 12.5. The van der Waals surface area contributed by atoms with Crippen LogP contribution in [-0.2, 0) is 4.79 Å². The van der Waals surface area contributed by atoms with Crippen LogP contribution in [0.3, 0.4) is 0 Å². The van der Waals surface area contributed by atoms with E-state index in [2.05, 4.69) is 0 Å². The number of nitrogens with zero attached hydrogens (tertiary/aromatic N) is 1. The summed E-state index contributed by atoms with van der Waals surface area (Å²) in [5.41, 5.74) is 1.39. The van der Waals surface area contributed by atoms with Crippen molar-refractivity contribution in [2.45, 2.75) is 11.4 Å². The summed E-state index contributed by atoms with van der Waals surface area (Å²) in [7, 11) is 6.10. The molecule has 1 aliphatic rings. The lowest BCUT2D eigenvalue weighted by molar-refractivity contribution is -0.123. The highest BCUT2D eigenvalue weighted by molar-refractivity contribution is 6.37. The molecular weight excluding hydrogens is 393 g/mol. The fourth-order valence-electron chi connectivity index (χ4n) is 3.13. The number of hydrogen-bond donors (Lipinski definition) is 0. The highest BCUT2D eigenvalue weighted by atomic mass is 35.5. The molecule has 1 heterocycles. The normalized spacial score (nSPS) is 18.7. The minimum atomic E-state index is -0.700. The Morgan fingerprint density at radius 1 is 0.889 bits per heavy atom. The van der Waals surface area contributed by atoms with E-state index in [0.29, 0.717) is 33.7 Å². The van der Waals surface area contributed by atoms with Gasteiger partial charge >= 0.3 is 0 Å². The predicted molar refractivity (Wildman–Crippen MR) is 104 cm³/mol. The molecule has 0 N–H and O–H groups in total. The maximum absolute atomic E-state index is 12.5. The maximum Gasteiger partial charge on any atom is 0.248 e. The van der Waals surface area contributed by atoms with Gasteiger partial charge in [0.25, 0.3) is 0 Å². The van der Waals surface area contributed by atoms with Crippen molar-refractivity contribution in [3.05, 3.63) is 40.9 Å². The minimum absolute atomic E-state index is 0.220. The molecule has 1 amide bonds. The van der Waals surface area contributed by atoms with E-state index in [0.717, 1.165) is 5.56 Å². The molecule has 144 valence electrons. The Kier molecular flexibility index (Phi) is 5.58. The Morgan fingerprint density at radius 2 is 1.48 bits per heavy atom. The number of methoxy groups -OCH3 is 4. The lowest BCUT2D eigenvalue weighted by Crippen LogP contribution is -2.56. The standard InChI is InChI=1S/C19H19Cl2NO5/c1-24-13-6-5-10(7-12(13)20)17-16(21)19(23)22(17)11-8-14(25-2)18(27-4)15(9-11)26-3/h5-9,16-17H,1-4H3/t16-,17?/m1/s1. The van der Waals surface area contributed by atoms with Crippen molar-refractivity contribution in [3.63, 3.8) is 0 Å². The first-order valence-corrected chi connectivity index (χ1v) is 8.88. The monoisotopic (exact) mass is 411 g/mol. The molecule has 0 aromatic heterocycles. The van der Waals surface area contributed by atoms with E-state index in [1.54, 1.807) is 36.3 Å². The van der Waals surface area contributed by atoms with Crippen LogP contribution in [0.15, 0.2) is 30.3 Å². The second-order valence-corrected chi connectivity index (χ2v) is 6.71. The van der Waals surface area contributed by atoms with Crippen LogP contribution < -0.4 is 23.8 Å². The fourth-order valence-corrected chi connectivity index (χ4v) is 3.76. The van der Waals surface area contributed by atoms with Gasteiger partial charge in [0.1, 0.15) is 11.1 Å². The molecule has 2 aromatic carbocycles.